The van der Waals surface area contributed by atoms with Gasteiger partial charge < -0.3 is 9.47 Å². The predicted molar refractivity (Wildman–Crippen MR) is 160 cm³/mol. The van der Waals surface area contributed by atoms with Gasteiger partial charge in [0.15, 0.2) is 5.78 Å². The molecule has 0 aliphatic carbocycles. The molecule has 5 heterocycles. The van der Waals surface area contributed by atoms with E-state index in [1.54, 1.807) is 4.68 Å². The number of rotatable bonds is 7. The second-order valence-electron chi connectivity index (χ2n) is 11.4. The van der Waals surface area contributed by atoms with Crippen LogP contribution in [-0.4, -0.2) is 76.8 Å². The molecule has 214 valence electrons. The maximum Gasteiger partial charge on any atom is 0.222 e. The molecule has 0 radical (unpaired) electrons. The SMILES string of the molecule is CCC(=O)N1CCn2c(C3CN(CC(=O)c4ccccc4)C3)nc(-c3ccc4c(c3)c(-c3cnn(C)c3)nn4C)c2C1. The number of amides is 1. The molecule has 0 atom stereocenters. The predicted octanol–water partition coefficient (Wildman–Crippen LogP) is 3.87. The van der Waals surface area contributed by atoms with E-state index in [1.165, 1.54) is 0 Å². The number of aryl methyl sites for hydroxylation is 2. The number of fused-ring (bicyclic) bond motifs is 2. The van der Waals surface area contributed by atoms with Gasteiger partial charge in [-0.2, -0.15) is 10.2 Å². The molecular weight excluding hydrogens is 528 g/mol. The average molecular weight is 563 g/mol. The number of hydrogen-bond acceptors (Lipinski definition) is 6. The molecule has 7 rings (SSSR count). The summed E-state index contributed by atoms with van der Waals surface area (Å²) in [4.78, 5) is 34.9. The van der Waals surface area contributed by atoms with Crippen molar-refractivity contribution in [3.05, 3.63) is 78.0 Å². The Bertz CT molecular complexity index is 1810. The molecular formula is C32H34N8O2. The summed E-state index contributed by atoms with van der Waals surface area (Å²) in [5.41, 5.74) is 6.63. The Morgan fingerprint density at radius 3 is 2.52 bits per heavy atom. The third-order valence-electron chi connectivity index (χ3n) is 8.58. The zero-order valence-electron chi connectivity index (χ0n) is 24.2. The summed E-state index contributed by atoms with van der Waals surface area (Å²) < 4.78 is 6.01. The van der Waals surface area contributed by atoms with Crippen molar-refractivity contribution in [3.8, 4) is 22.5 Å². The zero-order valence-corrected chi connectivity index (χ0v) is 24.2. The molecule has 0 saturated carbocycles. The van der Waals surface area contributed by atoms with Gasteiger partial charge >= 0.3 is 0 Å². The number of Topliss-reactive ketones (excluding diaryl/α,β-unsaturated/α-hetero) is 1. The van der Waals surface area contributed by atoms with Crippen LogP contribution in [0.3, 0.4) is 0 Å². The van der Waals surface area contributed by atoms with E-state index in [-0.39, 0.29) is 17.6 Å². The minimum absolute atomic E-state index is 0.141. The molecule has 1 saturated heterocycles. The number of carbonyl (C=O) groups excluding carboxylic acids is 2. The molecule has 0 spiro atoms. The van der Waals surface area contributed by atoms with Crippen molar-refractivity contribution in [2.75, 3.05) is 26.2 Å². The summed E-state index contributed by atoms with van der Waals surface area (Å²) in [5, 5.41) is 10.2. The van der Waals surface area contributed by atoms with E-state index in [2.05, 4.69) is 32.8 Å². The van der Waals surface area contributed by atoms with Gasteiger partial charge in [-0.05, 0) is 12.1 Å². The van der Waals surface area contributed by atoms with Crippen molar-refractivity contribution in [1.29, 1.82) is 0 Å². The number of ketones is 1. The highest BCUT2D eigenvalue weighted by molar-refractivity contribution is 5.98. The van der Waals surface area contributed by atoms with Crippen LogP contribution in [0.4, 0.5) is 0 Å². The summed E-state index contributed by atoms with van der Waals surface area (Å²) in [6.45, 7) is 5.85. The zero-order chi connectivity index (χ0) is 29.0. The highest BCUT2D eigenvalue weighted by Gasteiger charge is 2.36. The lowest BCUT2D eigenvalue weighted by molar-refractivity contribution is -0.132. The third kappa shape index (κ3) is 4.52. The molecule has 3 aromatic heterocycles. The fraction of sp³-hybridized carbons (Fsp3) is 0.344. The van der Waals surface area contributed by atoms with Gasteiger partial charge in [0.1, 0.15) is 11.5 Å². The first kappa shape index (κ1) is 26.3. The van der Waals surface area contributed by atoms with Crippen molar-refractivity contribution >= 4 is 22.6 Å². The van der Waals surface area contributed by atoms with Crippen LogP contribution in [0.1, 0.15) is 41.1 Å². The summed E-state index contributed by atoms with van der Waals surface area (Å²) in [6.07, 6.45) is 4.30. The van der Waals surface area contributed by atoms with Crippen LogP contribution in [0.15, 0.2) is 60.9 Å². The Morgan fingerprint density at radius 2 is 1.79 bits per heavy atom. The standard InChI is InChI=1S/C32H34N8O2/c1-4-29(42)39-12-13-40-27(19-39)31(34-32(40)24-17-38(18-24)20-28(41)21-8-6-5-7-9-21)22-10-11-26-25(14-22)30(35-37(26)3)23-15-33-36(2)16-23/h5-11,14-16,24H,4,12-13,17-20H2,1-3H3. The van der Waals surface area contributed by atoms with Gasteiger partial charge in [-0.25, -0.2) is 4.98 Å². The molecule has 2 aliphatic heterocycles. The van der Waals surface area contributed by atoms with Crippen LogP contribution in [0, 0.1) is 0 Å². The topological polar surface area (TPSA) is 94.1 Å². The van der Waals surface area contributed by atoms with E-state index >= 15 is 0 Å². The fourth-order valence-electron chi connectivity index (χ4n) is 6.33. The van der Waals surface area contributed by atoms with Crippen molar-refractivity contribution in [2.45, 2.75) is 32.4 Å². The average Bonchev–Trinajstić information content (AvgIpc) is 3.69. The Morgan fingerprint density at radius 1 is 0.976 bits per heavy atom. The highest BCUT2D eigenvalue weighted by atomic mass is 16.2. The van der Waals surface area contributed by atoms with Gasteiger partial charge in [-0.3, -0.25) is 23.9 Å². The van der Waals surface area contributed by atoms with Crippen molar-refractivity contribution < 1.29 is 9.59 Å². The molecule has 0 unspecified atom stereocenters. The maximum absolute atomic E-state index is 12.8. The van der Waals surface area contributed by atoms with Crippen molar-refractivity contribution in [3.63, 3.8) is 0 Å². The molecule has 5 aromatic rings. The summed E-state index contributed by atoms with van der Waals surface area (Å²) in [6, 6.07) is 15.9. The van der Waals surface area contributed by atoms with Crippen LogP contribution in [0.25, 0.3) is 33.4 Å². The van der Waals surface area contributed by atoms with E-state index in [0.717, 1.165) is 70.1 Å². The second-order valence-corrected chi connectivity index (χ2v) is 11.4. The third-order valence-corrected chi connectivity index (χ3v) is 8.58. The minimum atomic E-state index is 0.141. The molecule has 0 bridgehead atoms. The lowest BCUT2D eigenvalue weighted by atomic mass is 9.97. The Balaban J connectivity index is 1.23. The lowest BCUT2D eigenvalue weighted by Crippen LogP contribution is -2.48. The molecule has 1 fully saturated rings. The Labute approximate surface area is 244 Å². The second kappa shape index (κ2) is 10.4. The number of hydrogen-bond donors (Lipinski definition) is 0. The van der Waals surface area contributed by atoms with E-state index < -0.39 is 0 Å². The van der Waals surface area contributed by atoms with Gasteiger partial charge in [-0.1, -0.05) is 43.3 Å². The van der Waals surface area contributed by atoms with Crippen LogP contribution < -0.4 is 0 Å². The molecule has 1 amide bonds. The summed E-state index contributed by atoms with van der Waals surface area (Å²) in [7, 11) is 3.86. The first-order chi connectivity index (χ1) is 20.4. The molecule has 2 aromatic carbocycles. The largest absolute Gasteiger partial charge is 0.335 e. The number of benzene rings is 2. The number of nitrogens with zero attached hydrogens (tertiary/aromatic N) is 8. The molecule has 10 nitrogen and oxygen atoms in total. The van der Waals surface area contributed by atoms with Crippen LogP contribution in [-0.2, 0) is 32.0 Å². The van der Waals surface area contributed by atoms with E-state index in [0.29, 0.717) is 26.1 Å². The van der Waals surface area contributed by atoms with Crippen LogP contribution >= 0.6 is 0 Å². The Kier molecular flexibility index (Phi) is 6.50. The first-order valence-electron chi connectivity index (χ1n) is 14.5. The van der Waals surface area contributed by atoms with E-state index in [4.69, 9.17) is 10.1 Å². The first-order valence-corrected chi connectivity index (χ1v) is 14.5. The van der Waals surface area contributed by atoms with Gasteiger partial charge in [0.2, 0.25) is 5.91 Å². The Hall–Kier alpha value is -4.57. The van der Waals surface area contributed by atoms with E-state index in [1.807, 2.05) is 73.3 Å². The fourth-order valence-corrected chi connectivity index (χ4v) is 6.33. The van der Waals surface area contributed by atoms with Crippen molar-refractivity contribution in [2.24, 2.45) is 14.1 Å². The summed E-state index contributed by atoms with van der Waals surface area (Å²) >= 11 is 0. The quantitative estimate of drug-likeness (QED) is 0.280. The molecule has 10 heteroatoms. The highest BCUT2D eigenvalue weighted by Crippen LogP contribution is 2.37. The number of likely N-dealkylation sites (tertiary alicyclic amines) is 1. The molecule has 0 N–H and O–H groups in total. The molecule has 2 aliphatic rings. The minimum Gasteiger partial charge on any atom is -0.335 e. The normalized spacial score (nSPS) is 15.6. The smallest absolute Gasteiger partial charge is 0.222 e. The number of aromatic nitrogens is 6. The van der Waals surface area contributed by atoms with Crippen molar-refractivity contribution in [1.82, 2.24) is 38.9 Å². The van der Waals surface area contributed by atoms with Gasteiger partial charge in [0.05, 0.1) is 36.2 Å². The maximum atomic E-state index is 12.8. The lowest BCUT2D eigenvalue weighted by Gasteiger charge is -2.39. The monoisotopic (exact) mass is 562 g/mol. The van der Waals surface area contributed by atoms with Gasteiger partial charge in [-0.15, -0.1) is 0 Å². The van der Waals surface area contributed by atoms with Crippen LogP contribution in [0.2, 0.25) is 0 Å². The number of imidazole rings is 1. The van der Waals surface area contributed by atoms with Crippen LogP contribution in [0.5, 0.6) is 0 Å². The number of carbonyl (C=O) groups is 2. The van der Waals surface area contributed by atoms with Gasteiger partial charge in [0, 0.05) is 80.9 Å². The van der Waals surface area contributed by atoms with E-state index in [9.17, 15) is 9.59 Å². The molecule has 42 heavy (non-hydrogen) atoms. The van der Waals surface area contributed by atoms with Gasteiger partial charge in [0.25, 0.3) is 0 Å². The summed E-state index contributed by atoms with van der Waals surface area (Å²) in [5.74, 6) is 1.59.